The summed E-state index contributed by atoms with van der Waals surface area (Å²) in [5.41, 5.74) is -0.345. The lowest BCUT2D eigenvalue weighted by Crippen LogP contribution is -2.32. The molecule has 0 spiro atoms. The topological polar surface area (TPSA) is 103 Å². The summed E-state index contributed by atoms with van der Waals surface area (Å²) in [6.07, 6.45) is 4.10. The van der Waals surface area contributed by atoms with Crippen LogP contribution in [0.4, 0.5) is 0 Å². The van der Waals surface area contributed by atoms with Gasteiger partial charge >= 0.3 is 0 Å². The van der Waals surface area contributed by atoms with E-state index in [1.165, 1.54) is 14.2 Å². The van der Waals surface area contributed by atoms with E-state index in [-0.39, 0.29) is 10.8 Å². The molecule has 0 aliphatic heterocycles. The van der Waals surface area contributed by atoms with E-state index in [1.807, 2.05) is 0 Å². The smallest absolute Gasteiger partial charge is 0.292 e. The van der Waals surface area contributed by atoms with Gasteiger partial charge in [-0.25, -0.2) is 0 Å². The maximum Gasteiger partial charge on any atom is 0.292 e. The minimum atomic E-state index is -0.172. The highest BCUT2D eigenvalue weighted by molar-refractivity contribution is 5.46. The lowest BCUT2D eigenvalue weighted by molar-refractivity contribution is 0.0794. The average Bonchev–Trinajstić information content (AvgIpc) is 2.77. The third-order valence-corrected chi connectivity index (χ3v) is 4.79. The molecule has 176 valence electrons. The molecule has 0 radical (unpaired) electrons. The highest BCUT2D eigenvalue weighted by Gasteiger charge is 2.31. The van der Waals surface area contributed by atoms with E-state index in [4.69, 9.17) is 38.9 Å². The molecule has 2 aromatic carbocycles. The monoisotopic (exact) mass is 454 g/mol. The molecular formula is C25H30N2O6. The maximum absolute atomic E-state index is 8.67. The van der Waals surface area contributed by atoms with Crippen LogP contribution in [0.15, 0.2) is 36.4 Å². The molecule has 0 unspecified atom stereocenters. The number of rotatable bonds is 12. The molecule has 0 heterocycles. The largest absolute Gasteiger partial charge is 0.493 e. The van der Waals surface area contributed by atoms with Gasteiger partial charge < -0.3 is 28.4 Å². The van der Waals surface area contributed by atoms with Gasteiger partial charge in [0.2, 0.25) is 0 Å². The van der Waals surface area contributed by atoms with Crippen LogP contribution in [0.2, 0.25) is 0 Å². The molecule has 0 saturated heterocycles. The SMILES string of the molecule is COc1cc(OC#N)ccc1OCC(C)(C)CC(C)(C)COc1ccc(OC#N)cc1OC. The number of nitrogens with zero attached hydrogens (tertiary/aromatic N) is 2. The van der Waals surface area contributed by atoms with Crippen LogP contribution in [0.1, 0.15) is 34.1 Å². The van der Waals surface area contributed by atoms with Gasteiger partial charge in [-0.1, -0.05) is 27.7 Å². The van der Waals surface area contributed by atoms with E-state index < -0.39 is 0 Å². The fourth-order valence-electron chi connectivity index (χ4n) is 3.71. The molecule has 0 aliphatic carbocycles. The lowest BCUT2D eigenvalue weighted by Gasteiger charge is -2.34. The summed E-state index contributed by atoms with van der Waals surface area (Å²) >= 11 is 0. The van der Waals surface area contributed by atoms with Gasteiger partial charge in [-0.05, 0) is 41.5 Å². The van der Waals surface area contributed by atoms with E-state index in [0.29, 0.717) is 47.7 Å². The zero-order valence-corrected chi connectivity index (χ0v) is 19.9. The van der Waals surface area contributed by atoms with Gasteiger partial charge in [-0.3, -0.25) is 0 Å². The summed E-state index contributed by atoms with van der Waals surface area (Å²) in [5.74, 6) is 2.93. The quantitative estimate of drug-likeness (QED) is 0.397. The van der Waals surface area contributed by atoms with Crippen molar-refractivity contribution in [3.8, 4) is 47.0 Å². The van der Waals surface area contributed by atoms with Gasteiger partial charge in [0.15, 0.2) is 23.0 Å². The van der Waals surface area contributed by atoms with Crippen molar-refractivity contribution in [1.82, 2.24) is 0 Å². The molecule has 0 fully saturated rings. The second kappa shape index (κ2) is 11.2. The van der Waals surface area contributed by atoms with E-state index >= 15 is 0 Å². The summed E-state index contributed by atoms with van der Waals surface area (Å²) in [4.78, 5) is 0. The molecule has 2 aromatic rings. The van der Waals surface area contributed by atoms with Gasteiger partial charge in [0.1, 0.15) is 11.5 Å². The second-order valence-corrected chi connectivity index (χ2v) is 9.09. The normalized spacial score (nSPS) is 11.0. The molecule has 0 N–H and O–H groups in total. The molecule has 0 aliphatic rings. The summed E-state index contributed by atoms with van der Waals surface area (Å²) in [6.45, 7) is 9.42. The predicted molar refractivity (Wildman–Crippen MR) is 122 cm³/mol. The van der Waals surface area contributed by atoms with Crippen LogP contribution < -0.4 is 28.4 Å². The zero-order valence-electron chi connectivity index (χ0n) is 19.9. The van der Waals surface area contributed by atoms with Crippen molar-refractivity contribution in [3.05, 3.63) is 36.4 Å². The Morgan fingerprint density at radius 3 is 1.39 bits per heavy atom. The summed E-state index contributed by atoms with van der Waals surface area (Å²) in [6, 6.07) is 10.00. The Hall–Kier alpha value is -3.78. The minimum Gasteiger partial charge on any atom is -0.493 e. The lowest BCUT2D eigenvalue weighted by atomic mass is 9.76. The number of ether oxygens (including phenoxy) is 6. The Bertz CT molecular complexity index is 939. The molecular weight excluding hydrogens is 424 g/mol. The minimum absolute atomic E-state index is 0.172. The Morgan fingerprint density at radius 2 is 1.06 bits per heavy atom. The predicted octanol–water partition coefficient (Wildman–Crippen LogP) is 5.32. The molecule has 8 nitrogen and oxygen atoms in total. The van der Waals surface area contributed by atoms with Crippen LogP contribution in [0, 0.1) is 33.9 Å². The van der Waals surface area contributed by atoms with Crippen molar-refractivity contribution in [2.45, 2.75) is 34.1 Å². The first-order valence-electron chi connectivity index (χ1n) is 10.4. The Labute approximate surface area is 195 Å². The van der Waals surface area contributed by atoms with Crippen molar-refractivity contribution in [2.75, 3.05) is 27.4 Å². The summed E-state index contributed by atoms with van der Waals surface area (Å²) in [7, 11) is 3.08. The van der Waals surface area contributed by atoms with Crippen molar-refractivity contribution in [1.29, 1.82) is 10.5 Å². The first kappa shape index (κ1) is 25.5. The van der Waals surface area contributed by atoms with Gasteiger partial charge in [-0.15, -0.1) is 10.5 Å². The van der Waals surface area contributed by atoms with Gasteiger partial charge in [0.25, 0.3) is 12.5 Å². The number of nitriles is 2. The first-order valence-corrected chi connectivity index (χ1v) is 10.4. The number of methoxy groups -OCH3 is 2. The molecule has 33 heavy (non-hydrogen) atoms. The van der Waals surface area contributed by atoms with Crippen molar-refractivity contribution in [2.24, 2.45) is 10.8 Å². The van der Waals surface area contributed by atoms with E-state index in [2.05, 4.69) is 27.7 Å². The van der Waals surface area contributed by atoms with Crippen molar-refractivity contribution in [3.63, 3.8) is 0 Å². The molecule has 0 aromatic heterocycles. The maximum atomic E-state index is 8.67. The van der Waals surface area contributed by atoms with Crippen LogP contribution in [0.3, 0.4) is 0 Å². The highest BCUT2D eigenvalue weighted by Crippen LogP contribution is 2.38. The van der Waals surface area contributed by atoms with Crippen LogP contribution >= 0.6 is 0 Å². The van der Waals surface area contributed by atoms with Gasteiger partial charge in [-0.2, -0.15) is 0 Å². The molecule has 0 atom stereocenters. The van der Waals surface area contributed by atoms with Crippen molar-refractivity contribution < 1.29 is 28.4 Å². The van der Waals surface area contributed by atoms with Crippen LogP contribution in [-0.2, 0) is 0 Å². The fourth-order valence-corrected chi connectivity index (χ4v) is 3.71. The van der Waals surface area contributed by atoms with Gasteiger partial charge in [0.05, 0.1) is 27.4 Å². The molecule has 2 rings (SSSR count). The number of hydrogen-bond acceptors (Lipinski definition) is 8. The van der Waals surface area contributed by atoms with E-state index in [1.54, 1.807) is 48.9 Å². The van der Waals surface area contributed by atoms with Gasteiger partial charge in [0, 0.05) is 12.1 Å². The van der Waals surface area contributed by atoms with Crippen molar-refractivity contribution >= 4 is 0 Å². The molecule has 8 heteroatoms. The molecule has 0 saturated carbocycles. The van der Waals surface area contributed by atoms with Crippen LogP contribution in [-0.4, -0.2) is 27.4 Å². The number of benzene rings is 2. The molecule has 0 amide bonds. The highest BCUT2D eigenvalue weighted by atomic mass is 16.5. The Kier molecular flexibility index (Phi) is 8.64. The number of hydrogen-bond donors (Lipinski definition) is 0. The molecule has 0 bridgehead atoms. The first-order chi connectivity index (χ1) is 15.6. The van der Waals surface area contributed by atoms with E-state index in [9.17, 15) is 0 Å². The third-order valence-electron chi connectivity index (χ3n) is 4.79. The average molecular weight is 455 g/mol. The second-order valence-electron chi connectivity index (χ2n) is 9.09. The van der Waals surface area contributed by atoms with E-state index in [0.717, 1.165) is 6.42 Å². The van der Waals surface area contributed by atoms with Crippen LogP contribution in [0.5, 0.6) is 34.5 Å². The summed E-state index contributed by atoms with van der Waals surface area (Å²) in [5, 5.41) is 17.3. The fraction of sp³-hybridized carbons (Fsp3) is 0.440. The standard InChI is InChI=1S/C25H30N2O6/c1-24(2,14-30-20-9-7-18(32-16-26)11-22(20)28-5)13-25(3,4)15-31-21-10-8-19(33-17-27)12-23(21)29-6/h7-12H,13-15H2,1-6H3. The zero-order chi connectivity index (χ0) is 24.5. The Morgan fingerprint density at radius 1 is 0.667 bits per heavy atom. The Balaban J connectivity index is 1.99. The van der Waals surface area contributed by atoms with Crippen LogP contribution in [0.25, 0.3) is 0 Å². The third kappa shape index (κ3) is 7.69. The summed E-state index contributed by atoms with van der Waals surface area (Å²) < 4.78 is 32.5.